The molecule has 0 unspecified atom stereocenters. The molecule has 2 heterocycles. The van der Waals surface area contributed by atoms with Crippen molar-refractivity contribution in [2.24, 2.45) is 0 Å². The minimum atomic E-state index is -0.562. The number of nitrogens with zero attached hydrogens (tertiary/aromatic N) is 4. The zero-order valence-electron chi connectivity index (χ0n) is 14.3. The van der Waals surface area contributed by atoms with Crippen LogP contribution in [0.5, 0.6) is 0 Å². The Morgan fingerprint density at radius 2 is 1.92 bits per heavy atom. The quantitative estimate of drug-likeness (QED) is 0.644. The molecule has 3 rings (SSSR count). The average Bonchev–Trinajstić information content (AvgIpc) is 2.95. The Labute approximate surface area is 148 Å². The third-order valence-corrected chi connectivity index (χ3v) is 3.72. The number of hydrogen-bond donors (Lipinski definition) is 2. The second-order valence-electron chi connectivity index (χ2n) is 5.82. The lowest BCUT2D eigenvalue weighted by Crippen LogP contribution is -2.44. The normalized spacial score (nSPS) is 10.5. The Hall–Kier alpha value is -3.62. The van der Waals surface area contributed by atoms with E-state index in [2.05, 4.69) is 16.0 Å². The Morgan fingerprint density at radius 3 is 2.65 bits per heavy atom. The second-order valence-corrected chi connectivity index (χ2v) is 5.82. The number of amides is 2. The fourth-order valence-corrected chi connectivity index (χ4v) is 2.37. The minimum absolute atomic E-state index is 0.307. The van der Waals surface area contributed by atoms with Gasteiger partial charge in [0.15, 0.2) is 5.65 Å². The van der Waals surface area contributed by atoms with Crippen molar-refractivity contribution in [2.45, 2.75) is 6.54 Å². The van der Waals surface area contributed by atoms with E-state index in [-0.39, 0.29) is 6.54 Å². The molecule has 0 spiro atoms. The maximum Gasteiger partial charge on any atom is 0.350 e. The van der Waals surface area contributed by atoms with Gasteiger partial charge in [-0.1, -0.05) is 12.1 Å². The van der Waals surface area contributed by atoms with Crippen LogP contribution in [0.25, 0.3) is 5.65 Å². The molecule has 1 aromatic carbocycles. The van der Waals surface area contributed by atoms with Gasteiger partial charge in [-0.3, -0.25) is 24.8 Å². The summed E-state index contributed by atoms with van der Waals surface area (Å²) in [6.45, 7) is -0.307. The summed E-state index contributed by atoms with van der Waals surface area (Å²) in [5.74, 6) is -1.02. The van der Waals surface area contributed by atoms with E-state index in [1.807, 2.05) is 25.1 Å². The van der Waals surface area contributed by atoms with E-state index in [1.54, 1.807) is 42.6 Å². The van der Waals surface area contributed by atoms with Crippen molar-refractivity contribution in [1.29, 1.82) is 0 Å². The van der Waals surface area contributed by atoms with E-state index in [1.165, 1.54) is 4.40 Å². The maximum atomic E-state index is 12.2. The number of nitrogens with one attached hydrogen (secondary N) is 2. The Balaban J connectivity index is 1.63. The molecule has 0 bridgehead atoms. The van der Waals surface area contributed by atoms with Crippen molar-refractivity contribution in [1.82, 2.24) is 25.0 Å². The van der Waals surface area contributed by atoms with Crippen LogP contribution in [0.3, 0.4) is 0 Å². The van der Waals surface area contributed by atoms with Gasteiger partial charge < -0.3 is 4.90 Å². The van der Waals surface area contributed by atoms with Crippen LogP contribution in [0.4, 0.5) is 5.69 Å². The molecule has 0 aliphatic carbocycles. The summed E-state index contributed by atoms with van der Waals surface area (Å²) in [6, 6.07) is 12.1. The molecule has 9 nitrogen and oxygen atoms in total. The molecular formula is C17H18N6O3. The molecule has 0 aliphatic rings. The molecule has 9 heteroatoms. The molecule has 0 atom stereocenters. The first-order valence-corrected chi connectivity index (χ1v) is 7.86. The van der Waals surface area contributed by atoms with Gasteiger partial charge in [0.25, 0.3) is 11.8 Å². The molecule has 0 saturated carbocycles. The number of hydrazine groups is 1. The summed E-state index contributed by atoms with van der Waals surface area (Å²) in [5, 5.41) is 4.06. The number of anilines is 1. The van der Waals surface area contributed by atoms with Gasteiger partial charge in [0, 0.05) is 31.5 Å². The van der Waals surface area contributed by atoms with Crippen LogP contribution < -0.4 is 21.4 Å². The van der Waals surface area contributed by atoms with Crippen LogP contribution in [0, 0.1) is 0 Å². The van der Waals surface area contributed by atoms with Crippen molar-refractivity contribution >= 4 is 23.1 Å². The van der Waals surface area contributed by atoms with Gasteiger partial charge in [-0.05, 0) is 30.3 Å². The standard InChI is InChI=1S/C17H18N6O3/c1-21(2)13-7-5-6-12(10-13)16(25)19-18-15(24)11-23-17(26)22-9-4-3-8-14(22)20-23/h3-10H,11H2,1-2H3,(H,18,24)(H,19,25). The van der Waals surface area contributed by atoms with E-state index in [4.69, 9.17) is 0 Å². The number of carbonyl (C=O) groups is 2. The summed E-state index contributed by atoms with van der Waals surface area (Å²) in [4.78, 5) is 38.1. The fraction of sp³-hybridized carbons (Fsp3) is 0.176. The van der Waals surface area contributed by atoms with Crippen LogP contribution in [0.15, 0.2) is 53.5 Å². The van der Waals surface area contributed by atoms with Crippen molar-refractivity contribution in [2.75, 3.05) is 19.0 Å². The van der Waals surface area contributed by atoms with Crippen LogP contribution in [-0.2, 0) is 11.3 Å². The maximum absolute atomic E-state index is 12.2. The Morgan fingerprint density at radius 1 is 1.12 bits per heavy atom. The van der Waals surface area contributed by atoms with E-state index in [0.717, 1.165) is 10.4 Å². The first-order chi connectivity index (χ1) is 12.5. The van der Waals surface area contributed by atoms with E-state index < -0.39 is 17.5 Å². The number of pyridine rings is 1. The second kappa shape index (κ2) is 7.09. The van der Waals surface area contributed by atoms with Crippen LogP contribution in [0.1, 0.15) is 10.4 Å². The zero-order valence-corrected chi connectivity index (χ0v) is 14.3. The van der Waals surface area contributed by atoms with E-state index in [0.29, 0.717) is 11.2 Å². The molecular weight excluding hydrogens is 336 g/mol. The van der Waals surface area contributed by atoms with E-state index >= 15 is 0 Å². The lowest BCUT2D eigenvalue weighted by molar-refractivity contribution is -0.122. The molecule has 0 radical (unpaired) electrons. The SMILES string of the molecule is CN(C)c1cccc(C(=O)NNC(=O)Cn2nc3ccccn3c2=O)c1. The topological polar surface area (TPSA) is 101 Å². The monoisotopic (exact) mass is 354 g/mol. The van der Waals surface area contributed by atoms with Gasteiger partial charge in [-0.25, -0.2) is 9.48 Å². The predicted molar refractivity (Wildman–Crippen MR) is 95.8 cm³/mol. The summed E-state index contributed by atoms with van der Waals surface area (Å²) >= 11 is 0. The average molecular weight is 354 g/mol. The molecule has 0 fully saturated rings. The first kappa shape index (κ1) is 17.2. The van der Waals surface area contributed by atoms with Crippen molar-refractivity contribution in [3.05, 3.63) is 64.7 Å². The molecule has 3 aromatic rings. The molecule has 2 N–H and O–H groups in total. The zero-order chi connectivity index (χ0) is 18.7. The molecule has 26 heavy (non-hydrogen) atoms. The molecule has 2 aromatic heterocycles. The smallest absolute Gasteiger partial charge is 0.350 e. The summed E-state index contributed by atoms with van der Waals surface area (Å²) < 4.78 is 2.36. The fourth-order valence-electron chi connectivity index (χ4n) is 2.37. The predicted octanol–water partition coefficient (Wildman–Crippen LogP) is 0.0232. The molecule has 0 saturated heterocycles. The summed E-state index contributed by atoms with van der Waals surface area (Å²) in [7, 11) is 3.73. The Bertz CT molecular complexity index is 1020. The number of carbonyl (C=O) groups excluding carboxylic acids is 2. The number of rotatable bonds is 4. The summed E-state index contributed by atoms with van der Waals surface area (Å²) in [5.41, 5.74) is 5.90. The third kappa shape index (κ3) is 3.56. The number of benzene rings is 1. The van der Waals surface area contributed by atoms with Crippen molar-refractivity contribution in [3.63, 3.8) is 0 Å². The van der Waals surface area contributed by atoms with Gasteiger partial charge in [-0.2, -0.15) is 0 Å². The largest absolute Gasteiger partial charge is 0.378 e. The van der Waals surface area contributed by atoms with Crippen LogP contribution >= 0.6 is 0 Å². The highest BCUT2D eigenvalue weighted by atomic mass is 16.2. The minimum Gasteiger partial charge on any atom is -0.378 e. The summed E-state index contributed by atoms with van der Waals surface area (Å²) in [6.07, 6.45) is 1.57. The highest BCUT2D eigenvalue weighted by Gasteiger charge is 2.12. The third-order valence-electron chi connectivity index (χ3n) is 3.72. The first-order valence-electron chi connectivity index (χ1n) is 7.86. The highest BCUT2D eigenvalue weighted by molar-refractivity contribution is 5.96. The van der Waals surface area contributed by atoms with Gasteiger partial charge in [0.2, 0.25) is 0 Å². The van der Waals surface area contributed by atoms with Crippen LogP contribution in [-0.4, -0.2) is 40.1 Å². The molecule has 0 aliphatic heterocycles. The van der Waals surface area contributed by atoms with Crippen molar-refractivity contribution < 1.29 is 9.59 Å². The number of hydrogen-bond acceptors (Lipinski definition) is 5. The van der Waals surface area contributed by atoms with Crippen molar-refractivity contribution in [3.8, 4) is 0 Å². The highest BCUT2D eigenvalue weighted by Crippen LogP contribution is 2.12. The van der Waals surface area contributed by atoms with Crippen LogP contribution in [0.2, 0.25) is 0 Å². The number of fused-ring (bicyclic) bond motifs is 1. The van der Waals surface area contributed by atoms with E-state index in [9.17, 15) is 14.4 Å². The molecule has 2 amide bonds. The van der Waals surface area contributed by atoms with Gasteiger partial charge >= 0.3 is 5.69 Å². The lowest BCUT2D eigenvalue weighted by atomic mass is 10.2. The molecule has 134 valence electrons. The van der Waals surface area contributed by atoms with Gasteiger partial charge in [0.1, 0.15) is 6.54 Å². The van der Waals surface area contributed by atoms with Gasteiger partial charge in [0.05, 0.1) is 0 Å². The Kier molecular flexibility index (Phi) is 4.70. The lowest BCUT2D eigenvalue weighted by Gasteiger charge is -2.13. The number of aromatic nitrogens is 3. The van der Waals surface area contributed by atoms with Gasteiger partial charge in [-0.15, -0.1) is 5.10 Å².